The minimum atomic E-state index is 0. The maximum Gasteiger partial charge on any atom is 0.0251 e. The van der Waals surface area contributed by atoms with Crippen molar-refractivity contribution in [1.29, 1.82) is 0 Å². The molecule has 0 saturated carbocycles. The summed E-state index contributed by atoms with van der Waals surface area (Å²) in [6, 6.07) is 30.4. The predicted molar refractivity (Wildman–Crippen MR) is 173 cm³/mol. The minimum absolute atomic E-state index is 0. The maximum absolute atomic E-state index is 4.62. The SMILES string of the molecule is CC(C)(C)c1cc[c-]c(-c2cc(C(C)(C)C)ccn2)c1.Cc1[c-]c2c3ncccc3c3cccc4sc(c1)c2c43.[Ir]. The number of hydrogen-bond acceptors (Lipinski definition) is 3. The van der Waals surface area contributed by atoms with E-state index >= 15 is 0 Å². The molecule has 41 heavy (non-hydrogen) atoms. The molecule has 3 aromatic heterocycles. The third kappa shape index (κ3) is 5.54. The maximum atomic E-state index is 4.62. The van der Waals surface area contributed by atoms with Crippen LogP contribution in [0.3, 0.4) is 0 Å². The van der Waals surface area contributed by atoms with Crippen LogP contribution >= 0.6 is 11.3 Å². The van der Waals surface area contributed by atoms with E-state index in [0.717, 1.165) is 16.8 Å². The molecule has 0 aliphatic heterocycles. The molecular formula is C37H34IrN2S-2. The monoisotopic (exact) mass is 731 g/mol. The van der Waals surface area contributed by atoms with E-state index < -0.39 is 0 Å². The summed E-state index contributed by atoms with van der Waals surface area (Å²) >= 11 is 1.87. The summed E-state index contributed by atoms with van der Waals surface area (Å²) in [5.41, 5.74) is 7.22. The van der Waals surface area contributed by atoms with Gasteiger partial charge in [0.2, 0.25) is 0 Å². The molecule has 3 heterocycles. The van der Waals surface area contributed by atoms with Crippen LogP contribution in [0.15, 0.2) is 79.1 Å². The van der Waals surface area contributed by atoms with Crippen molar-refractivity contribution in [2.45, 2.75) is 59.3 Å². The number of aromatic nitrogens is 2. The Morgan fingerprint density at radius 1 is 0.707 bits per heavy atom. The summed E-state index contributed by atoms with van der Waals surface area (Å²) in [6.07, 6.45) is 3.77. The molecular weight excluding hydrogens is 697 g/mol. The molecule has 209 valence electrons. The molecule has 2 nitrogen and oxygen atoms in total. The van der Waals surface area contributed by atoms with E-state index in [-0.39, 0.29) is 30.9 Å². The van der Waals surface area contributed by atoms with Crippen LogP contribution < -0.4 is 0 Å². The third-order valence-corrected chi connectivity index (χ3v) is 8.67. The first-order valence-corrected chi connectivity index (χ1v) is 14.7. The van der Waals surface area contributed by atoms with E-state index in [9.17, 15) is 0 Å². The van der Waals surface area contributed by atoms with Crippen molar-refractivity contribution >= 4 is 53.2 Å². The molecule has 4 heteroatoms. The number of fused-ring (bicyclic) bond motifs is 3. The second kappa shape index (κ2) is 10.9. The minimum Gasteiger partial charge on any atom is -0.305 e. The number of nitrogens with zero attached hydrogens (tertiary/aromatic N) is 2. The van der Waals surface area contributed by atoms with E-state index in [1.807, 2.05) is 35.9 Å². The van der Waals surface area contributed by atoms with E-state index in [1.54, 1.807) is 0 Å². The fourth-order valence-electron chi connectivity index (χ4n) is 5.36. The van der Waals surface area contributed by atoms with Gasteiger partial charge < -0.3 is 9.97 Å². The zero-order valence-electron chi connectivity index (χ0n) is 24.6. The zero-order valence-corrected chi connectivity index (χ0v) is 27.9. The number of benzene rings is 4. The average Bonchev–Trinajstić information content (AvgIpc) is 3.30. The Morgan fingerprint density at radius 3 is 2.20 bits per heavy atom. The van der Waals surface area contributed by atoms with E-state index in [4.69, 9.17) is 0 Å². The van der Waals surface area contributed by atoms with Crippen molar-refractivity contribution in [3.63, 3.8) is 0 Å². The number of pyridine rings is 2. The van der Waals surface area contributed by atoms with Gasteiger partial charge in [-0.3, -0.25) is 0 Å². The van der Waals surface area contributed by atoms with Crippen LogP contribution in [0.5, 0.6) is 0 Å². The van der Waals surface area contributed by atoms with Crippen LogP contribution in [0, 0.1) is 19.1 Å². The van der Waals surface area contributed by atoms with Gasteiger partial charge in [-0.05, 0) is 66.7 Å². The molecule has 0 bridgehead atoms. The smallest absolute Gasteiger partial charge is 0.0251 e. The molecule has 0 saturated heterocycles. The van der Waals surface area contributed by atoms with Crippen molar-refractivity contribution in [3.05, 3.63) is 108 Å². The summed E-state index contributed by atoms with van der Waals surface area (Å²) in [4.78, 5) is 9.14. The molecule has 0 spiro atoms. The van der Waals surface area contributed by atoms with Gasteiger partial charge in [-0.25, -0.2) is 0 Å². The summed E-state index contributed by atoms with van der Waals surface area (Å²) in [5.74, 6) is 0. The molecule has 7 rings (SSSR count). The fraction of sp³-hybridized carbons (Fsp3) is 0.243. The Kier molecular flexibility index (Phi) is 7.80. The molecule has 4 aromatic carbocycles. The molecule has 0 unspecified atom stereocenters. The second-order valence-corrected chi connectivity index (χ2v) is 13.8. The number of thiophene rings is 1. The van der Waals surface area contributed by atoms with E-state index in [0.29, 0.717) is 0 Å². The van der Waals surface area contributed by atoms with Crippen LogP contribution in [0.4, 0.5) is 0 Å². The second-order valence-electron chi connectivity index (χ2n) is 12.7. The molecule has 0 N–H and O–H groups in total. The number of rotatable bonds is 1. The Morgan fingerprint density at radius 2 is 1.44 bits per heavy atom. The summed E-state index contributed by atoms with van der Waals surface area (Å²) in [7, 11) is 0. The van der Waals surface area contributed by atoms with Gasteiger partial charge in [0, 0.05) is 37.2 Å². The van der Waals surface area contributed by atoms with Crippen LogP contribution in [-0.2, 0) is 30.9 Å². The van der Waals surface area contributed by atoms with Crippen molar-refractivity contribution in [3.8, 4) is 11.3 Å². The molecule has 0 aliphatic carbocycles. The number of hydrogen-bond donors (Lipinski definition) is 0. The predicted octanol–water partition coefficient (Wildman–Crippen LogP) is 10.4. The largest absolute Gasteiger partial charge is 0.305 e. The van der Waals surface area contributed by atoms with Gasteiger partial charge in [0.25, 0.3) is 0 Å². The van der Waals surface area contributed by atoms with Crippen LogP contribution in [0.25, 0.3) is 53.1 Å². The first-order chi connectivity index (χ1) is 19.0. The van der Waals surface area contributed by atoms with Crippen molar-refractivity contribution in [2.24, 2.45) is 0 Å². The molecule has 7 aromatic rings. The van der Waals surface area contributed by atoms with Gasteiger partial charge >= 0.3 is 0 Å². The van der Waals surface area contributed by atoms with Gasteiger partial charge in [-0.1, -0.05) is 78.1 Å². The Bertz CT molecular complexity index is 1930. The molecule has 0 aliphatic rings. The first-order valence-electron chi connectivity index (χ1n) is 13.8. The van der Waals surface area contributed by atoms with Gasteiger partial charge in [0.05, 0.1) is 0 Å². The van der Waals surface area contributed by atoms with Gasteiger partial charge in [-0.2, -0.15) is 11.3 Å². The van der Waals surface area contributed by atoms with E-state index in [2.05, 4.69) is 125 Å². The first kappa shape index (κ1) is 29.3. The van der Waals surface area contributed by atoms with Crippen molar-refractivity contribution in [2.75, 3.05) is 0 Å². The average molecular weight is 731 g/mol. The molecule has 0 atom stereocenters. The van der Waals surface area contributed by atoms with Crippen LogP contribution in [0.2, 0.25) is 0 Å². The Labute approximate surface area is 260 Å². The van der Waals surface area contributed by atoms with Crippen LogP contribution in [0.1, 0.15) is 58.2 Å². The molecule has 0 fully saturated rings. The van der Waals surface area contributed by atoms with Gasteiger partial charge in [0.1, 0.15) is 0 Å². The Balaban J connectivity index is 0.000000161. The fourth-order valence-corrected chi connectivity index (χ4v) is 6.60. The normalized spacial score (nSPS) is 12.1. The van der Waals surface area contributed by atoms with Crippen molar-refractivity contribution < 1.29 is 20.1 Å². The summed E-state index contributed by atoms with van der Waals surface area (Å²) < 4.78 is 2.70. The third-order valence-electron chi connectivity index (χ3n) is 7.57. The van der Waals surface area contributed by atoms with Gasteiger partial charge in [0.15, 0.2) is 0 Å². The molecule has 0 amide bonds. The zero-order chi connectivity index (χ0) is 28.2. The Hall–Kier alpha value is -3.17. The number of aryl methyl sites for hydroxylation is 1. The quantitative estimate of drug-likeness (QED) is 0.124. The summed E-state index contributed by atoms with van der Waals surface area (Å²) in [5, 5.41) is 6.41. The van der Waals surface area contributed by atoms with Crippen LogP contribution in [-0.4, -0.2) is 9.97 Å². The molecule has 1 radical (unpaired) electrons. The standard InChI is InChI=1S/C19H24N.C18H10NS.Ir/c1-18(2,3)15-9-7-8-14(12-15)17-13-16(10-11-20-17)19(4,5)6;1-10-8-13-17-15(9-10)20-14-6-2-4-11(16(14)17)12-5-3-7-19-18(12)13;/h7,9-13H,1-6H3;2-7,9H,1H3;/q2*-1;. The summed E-state index contributed by atoms with van der Waals surface area (Å²) in [6.45, 7) is 15.5. The van der Waals surface area contributed by atoms with E-state index in [1.165, 1.54) is 53.0 Å². The van der Waals surface area contributed by atoms with Gasteiger partial charge in [-0.15, -0.1) is 58.5 Å². The topological polar surface area (TPSA) is 25.8 Å². The van der Waals surface area contributed by atoms with Crippen molar-refractivity contribution in [1.82, 2.24) is 9.97 Å².